The molecule has 1 amide bonds. The molecule has 6 heteroatoms. The van der Waals surface area contributed by atoms with E-state index in [2.05, 4.69) is 20.8 Å². The Labute approximate surface area is 106 Å². The van der Waals surface area contributed by atoms with Crippen molar-refractivity contribution in [1.29, 1.82) is 0 Å². The van der Waals surface area contributed by atoms with E-state index in [0.29, 0.717) is 18.4 Å². The zero-order chi connectivity index (χ0) is 12.6. The van der Waals surface area contributed by atoms with Crippen LogP contribution in [-0.2, 0) is 4.79 Å². The summed E-state index contributed by atoms with van der Waals surface area (Å²) in [6.45, 7) is 3.64. The topological polar surface area (TPSA) is 80.1 Å². The van der Waals surface area contributed by atoms with Gasteiger partial charge in [-0.1, -0.05) is 5.10 Å². The van der Waals surface area contributed by atoms with Crippen LogP contribution in [0, 0.1) is 5.41 Å². The summed E-state index contributed by atoms with van der Waals surface area (Å²) in [4.78, 5) is 12.2. The van der Waals surface area contributed by atoms with Gasteiger partial charge >= 0.3 is 6.01 Å². The minimum Gasteiger partial charge on any atom is -0.408 e. The number of nitrogens with zero attached hydrogens (tertiary/aromatic N) is 2. The average molecular weight is 250 g/mol. The fraction of sp³-hybridized carbons (Fsp3) is 0.750. The van der Waals surface area contributed by atoms with Crippen molar-refractivity contribution >= 4 is 11.9 Å². The molecule has 0 aromatic carbocycles. The Balaban J connectivity index is 1.65. The minimum absolute atomic E-state index is 0.0410. The van der Waals surface area contributed by atoms with E-state index in [1.807, 2.05) is 6.92 Å². The van der Waals surface area contributed by atoms with Gasteiger partial charge in [-0.3, -0.25) is 10.1 Å². The molecule has 2 N–H and O–H groups in total. The average Bonchev–Trinajstić information content (AvgIpc) is 3.11. The lowest BCUT2D eigenvalue weighted by Crippen LogP contribution is -2.46. The van der Waals surface area contributed by atoms with Crippen LogP contribution in [0.5, 0.6) is 0 Å². The highest BCUT2D eigenvalue weighted by atomic mass is 16.4. The standard InChI is InChI=1S/C12H18N4O2/c1-12(5-2-6-13-7-12)10(17)14-11-16-15-9(18-11)8-3-4-8/h8,13H,2-7H2,1H3,(H,14,16,17). The molecule has 6 nitrogen and oxygen atoms in total. The van der Waals surface area contributed by atoms with Crippen LogP contribution < -0.4 is 10.6 Å². The van der Waals surface area contributed by atoms with E-state index >= 15 is 0 Å². The van der Waals surface area contributed by atoms with Gasteiger partial charge in [-0.25, -0.2) is 0 Å². The Morgan fingerprint density at radius 2 is 2.33 bits per heavy atom. The van der Waals surface area contributed by atoms with Crippen molar-refractivity contribution in [2.45, 2.75) is 38.5 Å². The highest BCUT2D eigenvalue weighted by molar-refractivity contribution is 5.93. The van der Waals surface area contributed by atoms with Crippen LogP contribution in [0.1, 0.15) is 44.4 Å². The molecule has 3 rings (SSSR count). The number of anilines is 1. The van der Waals surface area contributed by atoms with Crippen molar-refractivity contribution < 1.29 is 9.21 Å². The number of carbonyl (C=O) groups excluding carboxylic acids is 1. The van der Waals surface area contributed by atoms with Crippen molar-refractivity contribution in [2.75, 3.05) is 18.4 Å². The second-order valence-electron chi connectivity index (χ2n) is 5.51. The number of rotatable bonds is 3. The number of nitrogens with one attached hydrogen (secondary N) is 2. The molecule has 1 aliphatic carbocycles. The van der Waals surface area contributed by atoms with Crippen LogP contribution in [-0.4, -0.2) is 29.2 Å². The van der Waals surface area contributed by atoms with Gasteiger partial charge in [0.2, 0.25) is 11.8 Å². The third-order valence-corrected chi connectivity index (χ3v) is 3.73. The van der Waals surface area contributed by atoms with Gasteiger partial charge in [0.15, 0.2) is 0 Å². The quantitative estimate of drug-likeness (QED) is 0.844. The van der Waals surface area contributed by atoms with Crippen LogP contribution in [0.4, 0.5) is 6.01 Å². The maximum atomic E-state index is 12.2. The monoisotopic (exact) mass is 250 g/mol. The smallest absolute Gasteiger partial charge is 0.322 e. The van der Waals surface area contributed by atoms with E-state index in [-0.39, 0.29) is 17.3 Å². The molecule has 1 aromatic heterocycles. The predicted octanol–water partition coefficient (Wildman–Crippen LogP) is 1.28. The lowest BCUT2D eigenvalue weighted by molar-refractivity contribution is -0.125. The van der Waals surface area contributed by atoms with Crippen LogP contribution in [0.15, 0.2) is 4.42 Å². The third kappa shape index (κ3) is 2.25. The van der Waals surface area contributed by atoms with Gasteiger partial charge in [0.25, 0.3) is 0 Å². The molecule has 1 saturated carbocycles. The number of hydrogen-bond donors (Lipinski definition) is 2. The van der Waals surface area contributed by atoms with Gasteiger partial charge in [0.1, 0.15) is 0 Å². The molecule has 18 heavy (non-hydrogen) atoms. The SMILES string of the molecule is CC1(C(=O)Nc2nnc(C3CC3)o2)CCCNC1. The Hall–Kier alpha value is -1.43. The first-order valence-corrected chi connectivity index (χ1v) is 6.53. The zero-order valence-electron chi connectivity index (χ0n) is 10.5. The first-order chi connectivity index (χ1) is 8.67. The fourth-order valence-electron chi connectivity index (χ4n) is 2.28. The third-order valence-electron chi connectivity index (χ3n) is 3.73. The van der Waals surface area contributed by atoms with Crippen molar-refractivity contribution in [3.8, 4) is 0 Å². The van der Waals surface area contributed by atoms with Gasteiger partial charge < -0.3 is 9.73 Å². The van der Waals surface area contributed by atoms with E-state index in [4.69, 9.17) is 4.42 Å². The molecule has 1 unspecified atom stereocenters. The highest BCUT2D eigenvalue weighted by Crippen LogP contribution is 2.39. The van der Waals surface area contributed by atoms with Gasteiger partial charge in [0.05, 0.1) is 5.41 Å². The molecule has 98 valence electrons. The summed E-state index contributed by atoms with van der Waals surface area (Å²) in [7, 11) is 0. The number of hydrogen-bond acceptors (Lipinski definition) is 5. The summed E-state index contributed by atoms with van der Waals surface area (Å²) in [5, 5.41) is 13.8. The summed E-state index contributed by atoms with van der Waals surface area (Å²) in [6.07, 6.45) is 4.12. The second-order valence-corrected chi connectivity index (χ2v) is 5.51. The molecule has 1 saturated heterocycles. The van der Waals surface area contributed by atoms with E-state index in [9.17, 15) is 4.79 Å². The molecule has 0 bridgehead atoms. The molecule has 2 aliphatic rings. The maximum Gasteiger partial charge on any atom is 0.322 e. The zero-order valence-corrected chi connectivity index (χ0v) is 10.5. The molecule has 1 aromatic rings. The van der Waals surface area contributed by atoms with Gasteiger partial charge in [-0.2, -0.15) is 0 Å². The second kappa shape index (κ2) is 4.35. The van der Waals surface area contributed by atoms with E-state index in [0.717, 1.165) is 32.2 Å². The number of amides is 1. The molecular formula is C12H18N4O2. The fourth-order valence-corrected chi connectivity index (χ4v) is 2.28. The summed E-state index contributed by atoms with van der Waals surface area (Å²) in [6, 6.07) is 0.230. The first-order valence-electron chi connectivity index (χ1n) is 6.53. The molecule has 2 fully saturated rings. The predicted molar refractivity (Wildman–Crippen MR) is 65.1 cm³/mol. The van der Waals surface area contributed by atoms with Gasteiger partial charge in [-0.15, -0.1) is 5.10 Å². The maximum absolute atomic E-state index is 12.2. The largest absolute Gasteiger partial charge is 0.408 e. The molecule has 1 atom stereocenters. The summed E-state index contributed by atoms with van der Waals surface area (Å²) in [5.74, 6) is 1.02. The van der Waals surface area contributed by atoms with Crippen LogP contribution in [0.3, 0.4) is 0 Å². The molecule has 2 heterocycles. The normalized spacial score (nSPS) is 28.1. The van der Waals surface area contributed by atoms with Crippen LogP contribution >= 0.6 is 0 Å². The van der Waals surface area contributed by atoms with Crippen LogP contribution in [0.2, 0.25) is 0 Å². The lowest BCUT2D eigenvalue weighted by Gasteiger charge is -2.31. The minimum atomic E-state index is -0.382. The van der Waals surface area contributed by atoms with Crippen molar-refractivity contribution in [3.05, 3.63) is 5.89 Å². The number of aromatic nitrogens is 2. The Morgan fingerprint density at radius 3 is 3.00 bits per heavy atom. The Morgan fingerprint density at radius 1 is 1.50 bits per heavy atom. The van der Waals surface area contributed by atoms with Crippen molar-refractivity contribution in [3.63, 3.8) is 0 Å². The van der Waals surface area contributed by atoms with E-state index in [1.165, 1.54) is 0 Å². The highest BCUT2D eigenvalue weighted by Gasteiger charge is 2.36. The lowest BCUT2D eigenvalue weighted by atomic mass is 9.82. The molecule has 0 radical (unpaired) electrons. The molecule has 0 spiro atoms. The summed E-state index contributed by atoms with van der Waals surface area (Å²) >= 11 is 0. The summed E-state index contributed by atoms with van der Waals surface area (Å²) in [5.41, 5.74) is -0.382. The van der Waals surface area contributed by atoms with E-state index < -0.39 is 0 Å². The van der Waals surface area contributed by atoms with Gasteiger partial charge in [0, 0.05) is 12.5 Å². The number of carbonyl (C=O) groups is 1. The number of piperidine rings is 1. The van der Waals surface area contributed by atoms with Crippen molar-refractivity contribution in [1.82, 2.24) is 15.5 Å². The molecule has 1 aliphatic heterocycles. The van der Waals surface area contributed by atoms with Crippen molar-refractivity contribution in [2.24, 2.45) is 5.41 Å². The first kappa shape index (κ1) is 11.6. The van der Waals surface area contributed by atoms with Gasteiger partial charge in [-0.05, 0) is 39.2 Å². The Bertz CT molecular complexity index is 447. The summed E-state index contributed by atoms with van der Waals surface area (Å²) < 4.78 is 5.44. The van der Waals surface area contributed by atoms with E-state index in [1.54, 1.807) is 0 Å². The molecular weight excluding hydrogens is 232 g/mol. The van der Waals surface area contributed by atoms with Crippen LogP contribution in [0.25, 0.3) is 0 Å². The Kier molecular flexibility index (Phi) is 2.81.